The van der Waals surface area contributed by atoms with Crippen LogP contribution in [0.25, 0.3) is 0 Å². The molecule has 8 heteroatoms. The van der Waals surface area contributed by atoms with Crippen LogP contribution >= 0.6 is 0 Å². The van der Waals surface area contributed by atoms with Gasteiger partial charge in [-0.2, -0.15) is 0 Å². The topological polar surface area (TPSA) is 105 Å². The maximum Gasteiger partial charge on any atom is 0.268 e. The summed E-state index contributed by atoms with van der Waals surface area (Å²) in [5, 5.41) is 13.2. The zero-order chi connectivity index (χ0) is 14.2. The molecule has 0 aromatic carbocycles. The van der Waals surface area contributed by atoms with Crippen molar-refractivity contribution in [3.63, 3.8) is 0 Å². The van der Waals surface area contributed by atoms with Gasteiger partial charge in [0.15, 0.2) is 22.2 Å². The normalized spacial score (nSPS) is 11.5. The van der Waals surface area contributed by atoms with E-state index in [9.17, 15) is 13.5 Å². The van der Waals surface area contributed by atoms with Crippen LogP contribution in [0.1, 0.15) is 17.1 Å². The van der Waals surface area contributed by atoms with Gasteiger partial charge in [0, 0.05) is 5.69 Å². The first-order valence-corrected chi connectivity index (χ1v) is 6.92. The van der Waals surface area contributed by atoms with E-state index in [1.165, 1.54) is 19.9 Å². The Morgan fingerprint density at radius 3 is 2.53 bits per heavy atom. The zero-order valence-corrected chi connectivity index (χ0v) is 11.4. The van der Waals surface area contributed by atoms with E-state index < -0.39 is 10.0 Å². The second-order valence-electron chi connectivity index (χ2n) is 4.08. The quantitative estimate of drug-likeness (QED) is 0.884. The molecule has 2 aromatic heterocycles. The number of hydrogen-bond acceptors (Lipinski definition) is 6. The predicted molar refractivity (Wildman–Crippen MR) is 67.4 cm³/mol. The first kappa shape index (κ1) is 13.3. The molecule has 0 aliphatic rings. The lowest BCUT2D eigenvalue weighted by Crippen LogP contribution is -2.15. The number of sulfonamides is 1. The Morgan fingerprint density at radius 2 is 1.95 bits per heavy atom. The van der Waals surface area contributed by atoms with Crippen molar-refractivity contribution in [3.05, 3.63) is 29.3 Å². The van der Waals surface area contributed by atoms with Gasteiger partial charge in [-0.15, -0.1) is 0 Å². The Hall–Kier alpha value is -2.09. The highest BCUT2D eigenvalue weighted by Gasteiger charge is 2.25. The minimum atomic E-state index is -3.90. The van der Waals surface area contributed by atoms with Crippen LogP contribution in [0, 0.1) is 20.8 Å². The van der Waals surface area contributed by atoms with E-state index >= 15 is 0 Å². The molecule has 0 amide bonds. The third-order valence-electron chi connectivity index (χ3n) is 2.48. The van der Waals surface area contributed by atoms with Gasteiger partial charge < -0.3 is 9.63 Å². The molecule has 0 spiro atoms. The van der Waals surface area contributed by atoms with Crippen molar-refractivity contribution in [2.75, 3.05) is 4.72 Å². The molecule has 2 aromatic rings. The van der Waals surface area contributed by atoms with E-state index in [2.05, 4.69) is 14.9 Å². The van der Waals surface area contributed by atoms with Gasteiger partial charge in [-0.1, -0.05) is 5.16 Å². The summed E-state index contributed by atoms with van der Waals surface area (Å²) in [4.78, 5) is 3.89. The van der Waals surface area contributed by atoms with Crippen LogP contribution in [0.4, 0.5) is 5.82 Å². The van der Waals surface area contributed by atoms with Crippen molar-refractivity contribution in [2.45, 2.75) is 25.7 Å². The third-order valence-corrected chi connectivity index (χ3v) is 4.06. The Morgan fingerprint density at radius 1 is 1.26 bits per heavy atom. The highest BCUT2D eigenvalue weighted by molar-refractivity contribution is 7.92. The molecule has 2 N–H and O–H groups in total. The SMILES string of the molecule is Cc1ccc(O)c(NS(=O)(=O)c2c(C)noc2C)n1. The van der Waals surface area contributed by atoms with E-state index in [-0.39, 0.29) is 27.9 Å². The van der Waals surface area contributed by atoms with Gasteiger partial charge in [0.2, 0.25) is 0 Å². The molecule has 0 aliphatic heterocycles. The van der Waals surface area contributed by atoms with Gasteiger partial charge >= 0.3 is 0 Å². The van der Waals surface area contributed by atoms with E-state index in [0.29, 0.717) is 5.69 Å². The molecule has 0 unspecified atom stereocenters. The lowest BCUT2D eigenvalue weighted by Gasteiger charge is -2.08. The average Bonchev–Trinajstić information content (AvgIpc) is 2.64. The first-order chi connectivity index (χ1) is 8.81. The first-order valence-electron chi connectivity index (χ1n) is 5.43. The fraction of sp³-hybridized carbons (Fsp3) is 0.273. The Bertz CT molecular complexity index is 702. The Balaban J connectivity index is 2.45. The molecule has 2 rings (SSSR count). The molecule has 0 radical (unpaired) electrons. The largest absolute Gasteiger partial charge is 0.504 e. The van der Waals surface area contributed by atoms with Crippen LogP contribution in [0.15, 0.2) is 21.6 Å². The molecule has 19 heavy (non-hydrogen) atoms. The minimum absolute atomic E-state index is 0.0461. The van der Waals surface area contributed by atoms with Crippen molar-refractivity contribution in [1.29, 1.82) is 0 Å². The third kappa shape index (κ3) is 2.53. The minimum Gasteiger partial charge on any atom is -0.504 e. The second kappa shape index (κ2) is 4.54. The summed E-state index contributed by atoms with van der Waals surface area (Å²) in [7, 11) is -3.90. The molecule has 0 fully saturated rings. The van der Waals surface area contributed by atoms with E-state index in [0.717, 1.165) is 0 Å². The fourth-order valence-corrected chi connectivity index (χ4v) is 3.01. The molecule has 0 aliphatic carbocycles. The number of nitrogens with one attached hydrogen (secondary N) is 1. The monoisotopic (exact) mass is 283 g/mol. The molecule has 2 heterocycles. The van der Waals surface area contributed by atoms with Crippen molar-refractivity contribution in [2.24, 2.45) is 0 Å². The average molecular weight is 283 g/mol. The predicted octanol–water partition coefficient (Wildman–Crippen LogP) is 1.50. The van der Waals surface area contributed by atoms with Crippen LogP contribution in [0.3, 0.4) is 0 Å². The maximum absolute atomic E-state index is 12.2. The summed E-state index contributed by atoms with van der Waals surface area (Å²) >= 11 is 0. The molecule has 7 nitrogen and oxygen atoms in total. The molecular formula is C11H13N3O4S. The molecule has 102 valence electrons. The standard InChI is InChI=1S/C11H13N3O4S/c1-6-4-5-9(15)11(12-6)14-19(16,17)10-7(2)13-18-8(10)3/h4-5,15H,1-3H3,(H,12,14). The number of aromatic hydroxyl groups is 1. The number of hydrogen-bond donors (Lipinski definition) is 2. The van der Waals surface area contributed by atoms with Crippen LogP contribution in [0.2, 0.25) is 0 Å². The summed E-state index contributed by atoms with van der Waals surface area (Å²) in [5.41, 5.74) is 0.825. The van der Waals surface area contributed by atoms with Gasteiger partial charge in [0.25, 0.3) is 10.0 Å². The summed E-state index contributed by atoms with van der Waals surface area (Å²) in [5.74, 6) is -0.196. The number of nitrogens with zero attached hydrogens (tertiary/aromatic N) is 2. The van der Waals surface area contributed by atoms with Crippen LogP contribution in [-0.2, 0) is 10.0 Å². The second-order valence-corrected chi connectivity index (χ2v) is 5.70. The number of aromatic nitrogens is 2. The number of rotatable bonds is 3. The highest BCUT2D eigenvalue weighted by Crippen LogP contribution is 2.26. The van der Waals surface area contributed by atoms with Gasteiger partial charge in [-0.3, -0.25) is 4.72 Å². The Labute approximate surface area is 110 Å². The fourth-order valence-electron chi connectivity index (χ4n) is 1.66. The zero-order valence-electron chi connectivity index (χ0n) is 10.6. The molecule has 0 saturated heterocycles. The van der Waals surface area contributed by atoms with Crippen molar-refractivity contribution in [3.8, 4) is 5.75 Å². The van der Waals surface area contributed by atoms with Crippen LogP contribution in [0.5, 0.6) is 5.75 Å². The summed E-state index contributed by atoms with van der Waals surface area (Å²) in [6.45, 7) is 4.71. The summed E-state index contributed by atoms with van der Waals surface area (Å²) in [6, 6.07) is 2.94. The number of aryl methyl sites for hydroxylation is 3. The lowest BCUT2D eigenvalue weighted by atomic mass is 10.3. The molecule has 0 atom stereocenters. The van der Waals surface area contributed by atoms with Crippen LogP contribution < -0.4 is 4.72 Å². The summed E-state index contributed by atoms with van der Waals surface area (Å²) in [6.07, 6.45) is 0. The molecule has 0 bridgehead atoms. The van der Waals surface area contributed by atoms with Gasteiger partial charge in [-0.25, -0.2) is 13.4 Å². The maximum atomic E-state index is 12.2. The summed E-state index contributed by atoms with van der Waals surface area (Å²) < 4.78 is 31.5. The number of pyridine rings is 1. The van der Waals surface area contributed by atoms with E-state index in [1.807, 2.05) is 0 Å². The number of anilines is 1. The van der Waals surface area contributed by atoms with Crippen molar-refractivity contribution >= 4 is 15.8 Å². The van der Waals surface area contributed by atoms with Gasteiger partial charge in [0.05, 0.1) is 0 Å². The smallest absolute Gasteiger partial charge is 0.268 e. The Kier molecular flexibility index (Phi) is 3.19. The van der Waals surface area contributed by atoms with Gasteiger partial charge in [-0.05, 0) is 32.9 Å². The molecule has 0 saturated carbocycles. The van der Waals surface area contributed by atoms with Gasteiger partial charge in [0.1, 0.15) is 5.69 Å². The van der Waals surface area contributed by atoms with Crippen LogP contribution in [-0.4, -0.2) is 23.7 Å². The highest BCUT2D eigenvalue weighted by atomic mass is 32.2. The van der Waals surface area contributed by atoms with E-state index in [4.69, 9.17) is 4.52 Å². The van der Waals surface area contributed by atoms with Crippen molar-refractivity contribution < 1.29 is 18.0 Å². The van der Waals surface area contributed by atoms with Crippen molar-refractivity contribution in [1.82, 2.24) is 10.1 Å². The molecular weight excluding hydrogens is 270 g/mol. The lowest BCUT2D eigenvalue weighted by molar-refractivity contribution is 0.390. The van der Waals surface area contributed by atoms with E-state index in [1.54, 1.807) is 13.0 Å².